The van der Waals surface area contributed by atoms with Crippen LogP contribution in [0.5, 0.6) is 5.75 Å². The highest BCUT2D eigenvalue weighted by atomic mass is 35.5. The fourth-order valence-corrected chi connectivity index (χ4v) is 4.64. The third kappa shape index (κ3) is 5.13. The van der Waals surface area contributed by atoms with E-state index in [0.717, 1.165) is 29.9 Å². The molecule has 34 heavy (non-hydrogen) atoms. The predicted molar refractivity (Wildman–Crippen MR) is 137 cm³/mol. The molecule has 0 atom stereocenters. The molecule has 0 saturated carbocycles. The Morgan fingerprint density at radius 3 is 2.12 bits per heavy atom. The van der Waals surface area contributed by atoms with E-state index in [2.05, 4.69) is 10.2 Å². The predicted octanol–water partition coefficient (Wildman–Crippen LogP) is 5.53. The molecule has 1 aliphatic heterocycles. The molecule has 1 heterocycles. The van der Waals surface area contributed by atoms with E-state index in [0.29, 0.717) is 30.1 Å². The van der Waals surface area contributed by atoms with E-state index in [1.165, 1.54) is 19.2 Å². The van der Waals surface area contributed by atoms with Crippen LogP contribution in [-0.2, 0) is 0 Å². The van der Waals surface area contributed by atoms with Crippen molar-refractivity contribution in [3.63, 3.8) is 0 Å². The molecule has 1 fully saturated rings. The number of methoxy groups -OCH3 is 1. The summed E-state index contributed by atoms with van der Waals surface area (Å²) in [5, 5.41) is 3.40. The Kier molecular flexibility index (Phi) is 7.29. The fraction of sp³-hybridized carbons (Fsp3) is 0.231. The maximum Gasteiger partial charge on any atom is 0.255 e. The molecule has 0 unspecified atom stereocenters. The average Bonchev–Trinajstić information content (AvgIpc) is 2.84. The summed E-state index contributed by atoms with van der Waals surface area (Å²) in [5.74, 6) is 0.0991. The fourth-order valence-electron chi connectivity index (χ4n) is 4.00. The normalized spacial score (nSPS) is 13.5. The molecule has 3 aromatic rings. The molecule has 8 heteroatoms. The lowest BCUT2D eigenvalue weighted by atomic mass is 10.1. The maximum absolute atomic E-state index is 12.8. The number of carbonyl (C=O) groups excluding carboxylic acids is 2. The van der Waals surface area contributed by atoms with Crippen molar-refractivity contribution in [1.29, 1.82) is 0 Å². The van der Waals surface area contributed by atoms with E-state index in [1.807, 2.05) is 60.4 Å². The van der Waals surface area contributed by atoms with Crippen molar-refractivity contribution >= 4 is 46.4 Å². The van der Waals surface area contributed by atoms with E-state index in [4.69, 9.17) is 27.9 Å². The zero-order chi connectivity index (χ0) is 24.2. The molecule has 0 aliphatic carbocycles. The standard InChI is InChI=1S/C26H25Cl2N3O3/c1-17-5-3-4-6-21(17)26(33)31-13-11-30(12-14-31)20-9-7-19(8-10-20)29-25(32)18-15-22(27)24(34-2)23(28)16-18/h3-10,15-16H,11-14H2,1-2H3,(H,29,32). The first-order valence-corrected chi connectivity index (χ1v) is 11.7. The van der Waals surface area contributed by atoms with Crippen molar-refractivity contribution in [1.82, 2.24) is 4.90 Å². The van der Waals surface area contributed by atoms with Gasteiger partial charge in [0, 0.05) is 48.7 Å². The highest BCUT2D eigenvalue weighted by Gasteiger charge is 2.23. The van der Waals surface area contributed by atoms with Gasteiger partial charge in [-0.3, -0.25) is 9.59 Å². The molecular weight excluding hydrogens is 473 g/mol. The minimum Gasteiger partial charge on any atom is -0.494 e. The van der Waals surface area contributed by atoms with Gasteiger partial charge in [-0.15, -0.1) is 0 Å². The van der Waals surface area contributed by atoms with Gasteiger partial charge < -0.3 is 19.9 Å². The van der Waals surface area contributed by atoms with Crippen molar-refractivity contribution in [3.05, 3.63) is 87.4 Å². The number of amides is 2. The second kappa shape index (κ2) is 10.4. The van der Waals surface area contributed by atoms with Gasteiger partial charge in [0.05, 0.1) is 17.2 Å². The third-order valence-corrected chi connectivity index (χ3v) is 6.46. The van der Waals surface area contributed by atoms with Crippen molar-refractivity contribution in [2.45, 2.75) is 6.92 Å². The van der Waals surface area contributed by atoms with Crippen LogP contribution < -0.4 is 15.0 Å². The van der Waals surface area contributed by atoms with Crippen LogP contribution in [0.25, 0.3) is 0 Å². The molecule has 1 N–H and O–H groups in total. The van der Waals surface area contributed by atoms with Crippen molar-refractivity contribution < 1.29 is 14.3 Å². The first-order valence-electron chi connectivity index (χ1n) is 10.9. The Bertz CT molecular complexity index is 1180. The van der Waals surface area contributed by atoms with E-state index in [9.17, 15) is 9.59 Å². The number of halogens is 2. The van der Waals surface area contributed by atoms with Crippen molar-refractivity contribution in [2.24, 2.45) is 0 Å². The summed E-state index contributed by atoms with van der Waals surface area (Å²) in [4.78, 5) is 29.6. The lowest BCUT2D eigenvalue weighted by Crippen LogP contribution is -2.48. The van der Waals surface area contributed by atoms with Gasteiger partial charge in [-0.05, 0) is 55.0 Å². The Hall–Kier alpha value is -3.22. The number of piperazine rings is 1. The summed E-state index contributed by atoms with van der Waals surface area (Å²) in [6, 6.07) is 18.3. The van der Waals surface area contributed by atoms with Crippen LogP contribution in [0.2, 0.25) is 10.0 Å². The van der Waals surface area contributed by atoms with E-state index >= 15 is 0 Å². The van der Waals surface area contributed by atoms with Gasteiger partial charge in [0.15, 0.2) is 5.75 Å². The van der Waals surface area contributed by atoms with E-state index in [1.54, 1.807) is 0 Å². The van der Waals surface area contributed by atoms with Crippen LogP contribution >= 0.6 is 23.2 Å². The Balaban J connectivity index is 1.36. The zero-order valence-corrected chi connectivity index (χ0v) is 20.5. The summed E-state index contributed by atoms with van der Waals surface area (Å²) < 4.78 is 5.12. The molecular formula is C26H25Cl2N3O3. The molecule has 0 aromatic heterocycles. The largest absolute Gasteiger partial charge is 0.494 e. The number of rotatable bonds is 5. The number of hydrogen-bond donors (Lipinski definition) is 1. The second-order valence-corrected chi connectivity index (χ2v) is 8.88. The number of anilines is 2. The lowest BCUT2D eigenvalue weighted by Gasteiger charge is -2.36. The van der Waals surface area contributed by atoms with Gasteiger partial charge in [-0.25, -0.2) is 0 Å². The quantitative estimate of drug-likeness (QED) is 0.503. The Labute approximate surface area is 209 Å². The second-order valence-electron chi connectivity index (χ2n) is 8.07. The summed E-state index contributed by atoms with van der Waals surface area (Å²) >= 11 is 12.3. The Morgan fingerprint density at radius 1 is 0.912 bits per heavy atom. The summed E-state index contributed by atoms with van der Waals surface area (Å²) in [6.45, 7) is 4.76. The van der Waals surface area contributed by atoms with Crippen molar-refractivity contribution in [3.8, 4) is 5.75 Å². The smallest absolute Gasteiger partial charge is 0.255 e. The molecule has 6 nitrogen and oxygen atoms in total. The molecule has 1 saturated heterocycles. The maximum atomic E-state index is 12.8. The van der Waals surface area contributed by atoms with E-state index < -0.39 is 0 Å². The first-order chi connectivity index (χ1) is 16.4. The topological polar surface area (TPSA) is 61.9 Å². The monoisotopic (exact) mass is 497 g/mol. The lowest BCUT2D eigenvalue weighted by molar-refractivity contribution is 0.0746. The van der Waals surface area contributed by atoms with Crippen LogP contribution in [0.3, 0.4) is 0 Å². The highest BCUT2D eigenvalue weighted by Crippen LogP contribution is 2.34. The summed E-state index contributed by atoms with van der Waals surface area (Å²) in [7, 11) is 1.47. The van der Waals surface area contributed by atoms with E-state index in [-0.39, 0.29) is 21.9 Å². The number of nitrogens with zero attached hydrogens (tertiary/aromatic N) is 2. The van der Waals surface area contributed by atoms with Gasteiger partial charge >= 0.3 is 0 Å². The minimum atomic E-state index is -0.317. The number of carbonyl (C=O) groups is 2. The molecule has 4 rings (SSSR count). The van der Waals surface area contributed by atoms with Gasteiger partial charge in [-0.2, -0.15) is 0 Å². The summed E-state index contributed by atoms with van der Waals surface area (Å²) in [6.07, 6.45) is 0. The number of benzene rings is 3. The minimum absolute atomic E-state index is 0.0783. The van der Waals surface area contributed by atoms with Crippen molar-refractivity contribution in [2.75, 3.05) is 43.5 Å². The first kappa shape index (κ1) is 23.9. The molecule has 0 bridgehead atoms. The highest BCUT2D eigenvalue weighted by molar-refractivity contribution is 6.37. The van der Waals surface area contributed by atoms with Crippen LogP contribution in [0.4, 0.5) is 11.4 Å². The van der Waals surface area contributed by atoms with Crippen LogP contribution in [0, 0.1) is 6.92 Å². The molecule has 176 valence electrons. The summed E-state index contributed by atoms with van der Waals surface area (Å²) in [5.41, 5.74) is 3.79. The van der Waals surface area contributed by atoms with Gasteiger partial charge in [0.2, 0.25) is 0 Å². The van der Waals surface area contributed by atoms with Gasteiger partial charge in [0.1, 0.15) is 0 Å². The third-order valence-electron chi connectivity index (χ3n) is 5.90. The molecule has 1 aliphatic rings. The number of hydrogen-bond acceptors (Lipinski definition) is 4. The van der Waals surface area contributed by atoms with Crippen LogP contribution in [0.15, 0.2) is 60.7 Å². The number of ether oxygens (including phenoxy) is 1. The van der Waals surface area contributed by atoms with Gasteiger partial charge in [-0.1, -0.05) is 41.4 Å². The molecule has 2 amide bonds. The average molecular weight is 498 g/mol. The van der Waals surface area contributed by atoms with Gasteiger partial charge in [0.25, 0.3) is 11.8 Å². The molecule has 0 spiro atoms. The molecule has 3 aromatic carbocycles. The molecule has 0 radical (unpaired) electrons. The SMILES string of the molecule is COc1c(Cl)cc(C(=O)Nc2ccc(N3CCN(C(=O)c4ccccc4C)CC3)cc2)cc1Cl. The van der Waals surface area contributed by atoms with Crippen LogP contribution in [0.1, 0.15) is 26.3 Å². The number of nitrogens with one attached hydrogen (secondary N) is 1. The van der Waals surface area contributed by atoms with Crippen LogP contribution in [-0.4, -0.2) is 50.0 Å². The zero-order valence-electron chi connectivity index (χ0n) is 19.0. The Morgan fingerprint density at radius 2 is 1.53 bits per heavy atom. The number of aryl methyl sites for hydroxylation is 1.